The highest BCUT2D eigenvalue weighted by molar-refractivity contribution is 7.09. The molecular weight excluding hydrogens is 392 g/mol. The summed E-state index contributed by atoms with van der Waals surface area (Å²) < 4.78 is 6.03. The number of nitrogens with zero attached hydrogens (tertiary/aromatic N) is 2. The van der Waals surface area contributed by atoms with Gasteiger partial charge in [-0.05, 0) is 36.6 Å². The molecule has 0 spiro atoms. The fourth-order valence-corrected chi connectivity index (χ4v) is 3.86. The number of amides is 1. The van der Waals surface area contributed by atoms with Crippen LogP contribution in [0, 0.1) is 6.92 Å². The molecule has 0 radical (unpaired) electrons. The Morgan fingerprint density at radius 2 is 1.93 bits per heavy atom. The number of carbonyl (C=O) groups excluding carboxylic acids is 1. The first-order valence-electron chi connectivity index (χ1n) is 10.1. The van der Waals surface area contributed by atoms with E-state index in [0.717, 1.165) is 22.0 Å². The molecule has 0 fully saturated rings. The average Bonchev–Trinajstić information content (AvgIpc) is 3.19. The van der Waals surface area contributed by atoms with E-state index < -0.39 is 0 Å². The smallest absolute Gasteiger partial charge is 0.254 e. The normalized spacial score (nSPS) is 10.8. The Kier molecular flexibility index (Phi) is 7.41. The van der Waals surface area contributed by atoms with E-state index in [9.17, 15) is 4.79 Å². The molecule has 2 aromatic carbocycles. The number of ether oxygens (including phenoxy) is 1. The van der Waals surface area contributed by atoms with Crippen LogP contribution >= 0.6 is 11.3 Å². The van der Waals surface area contributed by atoms with Crippen LogP contribution in [-0.4, -0.2) is 22.3 Å². The van der Waals surface area contributed by atoms with Crippen LogP contribution in [0.2, 0.25) is 0 Å². The van der Waals surface area contributed by atoms with E-state index in [2.05, 4.69) is 31.5 Å². The number of rotatable bonds is 9. The van der Waals surface area contributed by atoms with Gasteiger partial charge in [-0.1, -0.05) is 55.8 Å². The maximum Gasteiger partial charge on any atom is 0.254 e. The summed E-state index contributed by atoms with van der Waals surface area (Å²) in [4.78, 5) is 19.3. The summed E-state index contributed by atoms with van der Waals surface area (Å²) in [6.07, 6.45) is 1.74. The first-order chi connectivity index (χ1) is 14.5. The molecule has 0 aliphatic carbocycles. The minimum atomic E-state index is -0.0217. The molecule has 1 aromatic heterocycles. The molecule has 156 valence electrons. The number of hydrogen-bond donors (Lipinski definition) is 0. The van der Waals surface area contributed by atoms with Crippen molar-refractivity contribution >= 4 is 17.2 Å². The predicted molar refractivity (Wildman–Crippen MR) is 123 cm³/mol. The molecular formula is C25H28N2O2S. The van der Waals surface area contributed by atoms with Gasteiger partial charge in [-0.2, -0.15) is 0 Å². The molecule has 3 aromatic rings. The molecule has 5 heteroatoms. The van der Waals surface area contributed by atoms with Gasteiger partial charge in [0.25, 0.3) is 5.91 Å². The molecule has 0 aliphatic heterocycles. The number of carbonyl (C=O) groups is 1. The summed E-state index contributed by atoms with van der Waals surface area (Å²) in [6.45, 7) is 11.4. The van der Waals surface area contributed by atoms with Gasteiger partial charge in [0.15, 0.2) is 0 Å². The highest BCUT2D eigenvalue weighted by Gasteiger charge is 2.17. The third-order valence-electron chi connectivity index (χ3n) is 4.78. The van der Waals surface area contributed by atoms with E-state index in [-0.39, 0.29) is 5.91 Å². The topological polar surface area (TPSA) is 42.4 Å². The van der Waals surface area contributed by atoms with Gasteiger partial charge in [0.1, 0.15) is 17.4 Å². The maximum atomic E-state index is 12.9. The lowest BCUT2D eigenvalue weighted by molar-refractivity contribution is 0.0761. The van der Waals surface area contributed by atoms with Crippen molar-refractivity contribution in [2.45, 2.75) is 39.8 Å². The Balaban J connectivity index is 1.66. The number of aromatic nitrogens is 1. The highest BCUT2D eigenvalue weighted by atomic mass is 32.1. The predicted octanol–water partition coefficient (Wildman–Crippen LogP) is 5.98. The van der Waals surface area contributed by atoms with E-state index in [1.54, 1.807) is 22.3 Å². The molecule has 0 bridgehead atoms. The molecule has 0 saturated heterocycles. The quantitative estimate of drug-likeness (QED) is 0.400. The second-order valence-corrected chi connectivity index (χ2v) is 8.50. The second-order valence-electron chi connectivity index (χ2n) is 7.55. The van der Waals surface area contributed by atoms with E-state index in [1.165, 1.54) is 5.56 Å². The van der Waals surface area contributed by atoms with Crippen molar-refractivity contribution in [2.75, 3.05) is 6.54 Å². The van der Waals surface area contributed by atoms with Gasteiger partial charge in [-0.3, -0.25) is 4.79 Å². The van der Waals surface area contributed by atoms with Crippen molar-refractivity contribution in [2.24, 2.45) is 0 Å². The molecule has 3 rings (SSSR count). The number of hydrogen-bond acceptors (Lipinski definition) is 4. The molecule has 0 aliphatic rings. The number of para-hydroxylation sites is 1. The van der Waals surface area contributed by atoms with Crippen LogP contribution in [0.4, 0.5) is 0 Å². The standard InChI is InChI=1S/C25H28N2O2S/c1-5-14-27(25(28)20-12-10-19(4)11-13-20)15-21-17-30-24(26-21)16-29-23-9-7-6-8-22(23)18(2)3/h5-13,17-18H,1,14-16H2,2-4H3. The van der Waals surface area contributed by atoms with Crippen LogP contribution in [0.5, 0.6) is 5.75 Å². The minimum Gasteiger partial charge on any atom is -0.486 e. The zero-order chi connectivity index (χ0) is 21.5. The Morgan fingerprint density at radius 1 is 1.20 bits per heavy atom. The summed E-state index contributed by atoms with van der Waals surface area (Å²) in [7, 11) is 0. The number of benzene rings is 2. The van der Waals surface area contributed by atoms with E-state index in [1.807, 2.05) is 54.8 Å². The highest BCUT2D eigenvalue weighted by Crippen LogP contribution is 2.27. The van der Waals surface area contributed by atoms with Crippen LogP contribution < -0.4 is 4.74 Å². The van der Waals surface area contributed by atoms with Gasteiger partial charge in [0.05, 0.1) is 12.2 Å². The van der Waals surface area contributed by atoms with Crippen LogP contribution in [0.1, 0.15) is 52.0 Å². The minimum absolute atomic E-state index is 0.0217. The fraction of sp³-hybridized carbons (Fsp3) is 0.280. The first kappa shape index (κ1) is 21.8. The van der Waals surface area contributed by atoms with Crippen LogP contribution in [0.3, 0.4) is 0 Å². The summed E-state index contributed by atoms with van der Waals surface area (Å²) in [5, 5.41) is 2.89. The zero-order valence-electron chi connectivity index (χ0n) is 17.8. The molecule has 30 heavy (non-hydrogen) atoms. The molecule has 0 N–H and O–H groups in total. The van der Waals surface area contributed by atoms with Crippen molar-refractivity contribution in [3.05, 3.63) is 94.0 Å². The summed E-state index contributed by atoms with van der Waals surface area (Å²) in [6, 6.07) is 15.7. The maximum absolute atomic E-state index is 12.9. The Morgan fingerprint density at radius 3 is 2.63 bits per heavy atom. The Labute approximate surface area is 182 Å². The van der Waals surface area contributed by atoms with Crippen LogP contribution in [0.25, 0.3) is 0 Å². The molecule has 1 heterocycles. The lowest BCUT2D eigenvalue weighted by atomic mass is 10.0. The molecule has 0 atom stereocenters. The van der Waals surface area contributed by atoms with Crippen molar-refractivity contribution in [3.8, 4) is 5.75 Å². The lowest BCUT2D eigenvalue weighted by Gasteiger charge is -2.20. The van der Waals surface area contributed by atoms with Gasteiger partial charge in [-0.25, -0.2) is 4.98 Å². The third-order valence-corrected chi connectivity index (χ3v) is 5.65. The van der Waals surface area contributed by atoms with Crippen molar-refractivity contribution < 1.29 is 9.53 Å². The number of aryl methyl sites for hydroxylation is 1. The van der Waals surface area contributed by atoms with Crippen molar-refractivity contribution in [1.29, 1.82) is 0 Å². The first-order valence-corrected chi connectivity index (χ1v) is 11.0. The lowest BCUT2D eigenvalue weighted by Crippen LogP contribution is -2.30. The molecule has 4 nitrogen and oxygen atoms in total. The van der Waals surface area contributed by atoms with E-state index >= 15 is 0 Å². The molecule has 0 saturated carbocycles. The van der Waals surface area contributed by atoms with Gasteiger partial charge < -0.3 is 9.64 Å². The largest absolute Gasteiger partial charge is 0.486 e. The Bertz CT molecular complexity index is 992. The van der Waals surface area contributed by atoms with Crippen LogP contribution in [-0.2, 0) is 13.2 Å². The van der Waals surface area contributed by atoms with E-state index in [4.69, 9.17) is 4.74 Å². The number of thiazole rings is 1. The zero-order valence-corrected chi connectivity index (χ0v) is 18.6. The van der Waals surface area contributed by atoms with Gasteiger partial charge in [0, 0.05) is 17.5 Å². The monoisotopic (exact) mass is 420 g/mol. The Hall–Kier alpha value is -2.92. The van der Waals surface area contributed by atoms with E-state index in [0.29, 0.717) is 31.2 Å². The summed E-state index contributed by atoms with van der Waals surface area (Å²) in [5.41, 5.74) is 3.85. The van der Waals surface area contributed by atoms with Crippen molar-refractivity contribution in [1.82, 2.24) is 9.88 Å². The SMILES string of the molecule is C=CCN(Cc1csc(COc2ccccc2C(C)C)n1)C(=O)c1ccc(C)cc1. The second kappa shape index (κ2) is 10.2. The third kappa shape index (κ3) is 5.57. The van der Waals surface area contributed by atoms with Gasteiger partial charge in [0.2, 0.25) is 0 Å². The average molecular weight is 421 g/mol. The summed E-state index contributed by atoms with van der Waals surface area (Å²) >= 11 is 1.55. The van der Waals surface area contributed by atoms with Crippen LogP contribution in [0.15, 0.2) is 66.6 Å². The summed E-state index contributed by atoms with van der Waals surface area (Å²) in [5.74, 6) is 1.27. The van der Waals surface area contributed by atoms with Crippen molar-refractivity contribution in [3.63, 3.8) is 0 Å². The molecule has 0 unspecified atom stereocenters. The fourth-order valence-electron chi connectivity index (χ4n) is 3.17. The van der Waals surface area contributed by atoms with Gasteiger partial charge in [-0.15, -0.1) is 17.9 Å². The molecule has 1 amide bonds. The van der Waals surface area contributed by atoms with Gasteiger partial charge >= 0.3 is 0 Å².